The highest BCUT2D eigenvalue weighted by atomic mass is 19.1. The molecule has 1 aromatic carbocycles. The largest absolute Gasteiger partial charge is 0.366 e. The standard InChI is InChI=1S/C18H22F2O2/c1-11(2)18-8-7-17(4,22-18)16(12(18)3)21-10-13-5-6-14(19)9-15(13)20/h5-6,9,11,16H,3,7-8,10H2,1-2,4H3/t16-,17+,18+/m1/s1. The first-order valence-electron chi connectivity index (χ1n) is 7.73. The average Bonchev–Trinajstić information content (AvgIpc) is 2.90. The molecule has 120 valence electrons. The van der Waals surface area contributed by atoms with Crippen LogP contribution in [-0.2, 0) is 16.1 Å². The van der Waals surface area contributed by atoms with Crippen molar-refractivity contribution in [3.05, 3.63) is 47.5 Å². The quantitative estimate of drug-likeness (QED) is 0.768. The second kappa shape index (κ2) is 5.14. The monoisotopic (exact) mass is 308 g/mol. The van der Waals surface area contributed by atoms with E-state index in [0.29, 0.717) is 11.5 Å². The summed E-state index contributed by atoms with van der Waals surface area (Å²) in [6.07, 6.45) is 1.60. The van der Waals surface area contributed by atoms with Gasteiger partial charge in [0.25, 0.3) is 0 Å². The lowest BCUT2D eigenvalue weighted by Crippen LogP contribution is -2.40. The van der Waals surface area contributed by atoms with Crippen LogP contribution in [0.3, 0.4) is 0 Å². The molecule has 3 atom stereocenters. The van der Waals surface area contributed by atoms with Gasteiger partial charge >= 0.3 is 0 Å². The second-order valence-electron chi connectivity index (χ2n) is 6.91. The minimum Gasteiger partial charge on any atom is -0.366 e. The summed E-state index contributed by atoms with van der Waals surface area (Å²) in [6.45, 7) is 10.6. The van der Waals surface area contributed by atoms with Gasteiger partial charge in [0.15, 0.2) is 0 Å². The highest BCUT2D eigenvalue weighted by molar-refractivity contribution is 5.33. The highest BCUT2D eigenvalue weighted by Gasteiger charge is 2.63. The number of rotatable bonds is 4. The third-order valence-corrected chi connectivity index (χ3v) is 5.18. The van der Waals surface area contributed by atoms with Crippen LogP contribution >= 0.6 is 0 Å². The van der Waals surface area contributed by atoms with Gasteiger partial charge in [0.05, 0.1) is 17.8 Å². The number of hydrogen-bond donors (Lipinski definition) is 0. The number of fused-ring (bicyclic) bond motifs is 2. The predicted molar refractivity (Wildman–Crippen MR) is 80.4 cm³/mol. The minimum atomic E-state index is -0.585. The molecule has 2 fully saturated rings. The number of benzene rings is 1. The topological polar surface area (TPSA) is 18.5 Å². The van der Waals surface area contributed by atoms with Crippen molar-refractivity contribution in [3.63, 3.8) is 0 Å². The van der Waals surface area contributed by atoms with Gasteiger partial charge in [-0.25, -0.2) is 8.78 Å². The summed E-state index contributed by atoms with van der Waals surface area (Å²) in [5.41, 5.74) is 0.552. The van der Waals surface area contributed by atoms with Crippen LogP contribution in [0.4, 0.5) is 8.78 Å². The molecule has 3 rings (SSSR count). The fourth-order valence-corrected chi connectivity index (χ4v) is 3.82. The summed E-state index contributed by atoms with van der Waals surface area (Å²) in [6, 6.07) is 3.54. The third kappa shape index (κ3) is 2.20. The molecule has 0 aromatic heterocycles. The normalized spacial score (nSPS) is 33.9. The molecule has 0 spiro atoms. The molecule has 2 nitrogen and oxygen atoms in total. The van der Waals surface area contributed by atoms with Gasteiger partial charge in [-0.15, -0.1) is 0 Å². The van der Waals surface area contributed by atoms with Crippen molar-refractivity contribution in [1.29, 1.82) is 0 Å². The van der Waals surface area contributed by atoms with Gasteiger partial charge in [-0.1, -0.05) is 26.5 Å². The molecule has 0 unspecified atom stereocenters. The lowest BCUT2D eigenvalue weighted by molar-refractivity contribution is -0.0961. The smallest absolute Gasteiger partial charge is 0.131 e. The first-order chi connectivity index (χ1) is 10.3. The fraction of sp³-hybridized carbons (Fsp3) is 0.556. The Hall–Kier alpha value is -1.26. The van der Waals surface area contributed by atoms with E-state index >= 15 is 0 Å². The van der Waals surface area contributed by atoms with Crippen LogP contribution < -0.4 is 0 Å². The maximum atomic E-state index is 13.7. The molecule has 2 aliphatic rings. The van der Waals surface area contributed by atoms with E-state index in [1.165, 1.54) is 12.1 Å². The summed E-state index contributed by atoms with van der Waals surface area (Å²) >= 11 is 0. The Kier molecular flexibility index (Phi) is 3.65. The molecule has 2 bridgehead atoms. The molecule has 2 saturated heterocycles. The van der Waals surface area contributed by atoms with Crippen LogP contribution in [0.5, 0.6) is 0 Å². The zero-order valence-corrected chi connectivity index (χ0v) is 13.3. The Morgan fingerprint density at radius 3 is 2.68 bits per heavy atom. The van der Waals surface area contributed by atoms with Crippen molar-refractivity contribution in [3.8, 4) is 0 Å². The molecule has 0 saturated carbocycles. The number of halogens is 2. The van der Waals surface area contributed by atoms with E-state index in [4.69, 9.17) is 9.47 Å². The summed E-state index contributed by atoms with van der Waals surface area (Å²) in [4.78, 5) is 0. The Morgan fingerprint density at radius 1 is 1.36 bits per heavy atom. The van der Waals surface area contributed by atoms with Crippen molar-refractivity contribution < 1.29 is 18.3 Å². The number of hydrogen-bond acceptors (Lipinski definition) is 2. The first kappa shape index (κ1) is 15.6. The van der Waals surface area contributed by atoms with E-state index in [-0.39, 0.29) is 18.3 Å². The van der Waals surface area contributed by atoms with Crippen molar-refractivity contribution >= 4 is 0 Å². The SMILES string of the molecule is C=C1[C@@H](OCc2ccc(F)cc2F)[C@]2(C)CC[C@@]1(C(C)C)O2. The van der Waals surface area contributed by atoms with E-state index in [0.717, 1.165) is 24.5 Å². The molecule has 22 heavy (non-hydrogen) atoms. The van der Waals surface area contributed by atoms with Crippen LogP contribution in [0, 0.1) is 17.6 Å². The Labute approximate surface area is 130 Å². The maximum absolute atomic E-state index is 13.7. The minimum absolute atomic E-state index is 0.0862. The molecule has 1 aromatic rings. The molecular weight excluding hydrogens is 286 g/mol. The van der Waals surface area contributed by atoms with Crippen molar-refractivity contribution in [2.24, 2.45) is 5.92 Å². The van der Waals surface area contributed by atoms with Crippen LogP contribution in [0.25, 0.3) is 0 Å². The van der Waals surface area contributed by atoms with E-state index in [9.17, 15) is 8.78 Å². The molecule has 4 heteroatoms. The second-order valence-corrected chi connectivity index (χ2v) is 6.91. The molecule has 0 N–H and O–H groups in total. The van der Waals surface area contributed by atoms with E-state index < -0.39 is 17.2 Å². The molecule has 2 heterocycles. The zero-order chi connectivity index (χ0) is 16.1. The molecule has 0 radical (unpaired) electrons. The molecule has 0 amide bonds. The molecule has 2 aliphatic heterocycles. The van der Waals surface area contributed by atoms with Crippen LogP contribution in [0.2, 0.25) is 0 Å². The van der Waals surface area contributed by atoms with Gasteiger partial charge in [-0.05, 0) is 37.3 Å². The molecular formula is C18H22F2O2. The van der Waals surface area contributed by atoms with Crippen LogP contribution in [-0.4, -0.2) is 17.3 Å². The van der Waals surface area contributed by atoms with Crippen molar-refractivity contribution in [2.75, 3.05) is 0 Å². The van der Waals surface area contributed by atoms with Crippen LogP contribution in [0.1, 0.15) is 39.2 Å². The highest BCUT2D eigenvalue weighted by Crippen LogP contribution is 2.57. The fourth-order valence-electron chi connectivity index (χ4n) is 3.82. The zero-order valence-electron chi connectivity index (χ0n) is 13.3. The van der Waals surface area contributed by atoms with Gasteiger partial charge in [-0.2, -0.15) is 0 Å². The first-order valence-corrected chi connectivity index (χ1v) is 7.73. The van der Waals surface area contributed by atoms with Crippen molar-refractivity contribution in [1.82, 2.24) is 0 Å². The lowest BCUT2D eigenvalue weighted by atomic mass is 9.72. The predicted octanol–water partition coefficient (Wildman–Crippen LogP) is 4.38. The Bertz CT molecular complexity index is 613. The molecule has 0 aliphatic carbocycles. The van der Waals surface area contributed by atoms with Gasteiger partial charge in [0.2, 0.25) is 0 Å². The Balaban J connectivity index is 1.77. The summed E-state index contributed by atoms with van der Waals surface area (Å²) in [5, 5.41) is 0. The van der Waals surface area contributed by atoms with E-state index in [1.54, 1.807) is 0 Å². The lowest BCUT2D eigenvalue weighted by Gasteiger charge is -2.34. The third-order valence-electron chi connectivity index (χ3n) is 5.18. The van der Waals surface area contributed by atoms with Crippen molar-refractivity contribution in [2.45, 2.75) is 57.5 Å². The van der Waals surface area contributed by atoms with Gasteiger partial charge in [0, 0.05) is 11.6 Å². The number of ether oxygens (including phenoxy) is 2. The van der Waals surface area contributed by atoms with Gasteiger partial charge < -0.3 is 9.47 Å². The van der Waals surface area contributed by atoms with Crippen LogP contribution in [0.15, 0.2) is 30.4 Å². The maximum Gasteiger partial charge on any atom is 0.131 e. The van der Waals surface area contributed by atoms with Gasteiger partial charge in [0.1, 0.15) is 17.7 Å². The summed E-state index contributed by atoms with van der Waals surface area (Å²) in [5.74, 6) is -0.851. The average molecular weight is 308 g/mol. The summed E-state index contributed by atoms with van der Waals surface area (Å²) < 4.78 is 38.9. The van der Waals surface area contributed by atoms with Gasteiger partial charge in [-0.3, -0.25) is 0 Å². The van der Waals surface area contributed by atoms with E-state index in [1.807, 2.05) is 6.92 Å². The van der Waals surface area contributed by atoms with E-state index in [2.05, 4.69) is 20.4 Å². The Morgan fingerprint density at radius 2 is 2.09 bits per heavy atom. The summed E-state index contributed by atoms with van der Waals surface area (Å²) in [7, 11) is 0.